The maximum Gasteiger partial charge on any atom is 0.356 e. The largest absolute Gasteiger partial charge is 0.476 e. The zero-order chi connectivity index (χ0) is 25.5. The van der Waals surface area contributed by atoms with Crippen LogP contribution in [0.25, 0.3) is 11.0 Å². The average molecular weight is 515 g/mol. The van der Waals surface area contributed by atoms with Crippen LogP contribution >= 0.6 is 11.6 Å². The Kier molecular flexibility index (Phi) is 6.53. The van der Waals surface area contributed by atoms with Crippen LogP contribution in [0.15, 0.2) is 24.3 Å². The van der Waals surface area contributed by atoms with Gasteiger partial charge in [-0.3, -0.25) is 0 Å². The van der Waals surface area contributed by atoms with E-state index in [2.05, 4.69) is 21.4 Å². The Balaban J connectivity index is 1.78. The van der Waals surface area contributed by atoms with Gasteiger partial charge in [0.2, 0.25) is 0 Å². The molecule has 1 aliphatic heterocycles. The van der Waals surface area contributed by atoms with Gasteiger partial charge >= 0.3 is 5.97 Å². The number of rotatable bonds is 6. The number of carboxylic acid groups (broad SMARTS) is 1. The molecule has 4 rings (SSSR count). The molecule has 1 aromatic carbocycles. The first-order chi connectivity index (χ1) is 16.5. The van der Waals surface area contributed by atoms with E-state index >= 15 is 0 Å². The van der Waals surface area contributed by atoms with Gasteiger partial charge in [-0.05, 0) is 44.0 Å². The van der Waals surface area contributed by atoms with Crippen molar-refractivity contribution in [2.75, 3.05) is 29.6 Å². The Labute approximate surface area is 207 Å². The number of hydrogen-bond donors (Lipinski definition) is 2. The lowest BCUT2D eigenvalue weighted by molar-refractivity contribution is 0.0691. The Morgan fingerprint density at radius 3 is 2.69 bits per heavy atom. The first-order valence-electron chi connectivity index (χ1n) is 10.8. The van der Waals surface area contributed by atoms with Crippen molar-refractivity contribution in [3.63, 3.8) is 0 Å². The Bertz CT molecular complexity index is 1490. The van der Waals surface area contributed by atoms with Crippen LogP contribution in [0.3, 0.4) is 0 Å². The van der Waals surface area contributed by atoms with Crippen molar-refractivity contribution in [1.82, 2.24) is 15.0 Å². The molecule has 0 spiro atoms. The quantitative estimate of drug-likeness (QED) is 0.469. The highest BCUT2D eigenvalue weighted by molar-refractivity contribution is 7.91. The average Bonchev–Trinajstić information content (AvgIpc) is 3.29. The minimum atomic E-state index is -3.23. The minimum absolute atomic E-state index is 0.0687. The third-order valence-electron chi connectivity index (χ3n) is 5.98. The molecule has 12 heteroatoms. The summed E-state index contributed by atoms with van der Waals surface area (Å²) < 4.78 is 24.1. The lowest BCUT2D eigenvalue weighted by Gasteiger charge is -2.22. The summed E-state index contributed by atoms with van der Waals surface area (Å²) in [6.45, 7) is 4.42. The Morgan fingerprint density at radius 1 is 1.31 bits per heavy atom. The SMILES string of the molecule is Cc1cc([C@@H](C)Nc2ccc(Cl)nc2C(=O)O)c2nc(N3CC[C@H](S(C)(=O)=O)C3)c(C#N)nc2c1. The number of nitrogens with one attached hydrogen (secondary N) is 1. The molecule has 0 aliphatic carbocycles. The van der Waals surface area contributed by atoms with Gasteiger partial charge in [0.15, 0.2) is 27.0 Å². The maximum absolute atomic E-state index is 12.0. The van der Waals surface area contributed by atoms with Gasteiger partial charge < -0.3 is 15.3 Å². The highest BCUT2D eigenvalue weighted by Crippen LogP contribution is 2.32. The lowest BCUT2D eigenvalue weighted by Crippen LogP contribution is -2.27. The van der Waals surface area contributed by atoms with E-state index < -0.39 is 27.1 Å². The summed E-state index contributed by atoms with van der Waals surface area (Å²) >= 11 is 5.87. The fourth-order valence-corrected chi connectivity index (χ4v) is 5.38. The predicted molar refractivity (Wildman–Crippen MR) is 133 cm³/mol. The molecule has 10 nitrogen and oxygen atoms in total. The summed E-state index contributed by atoms with van der Waals surface area (Å²) in [5, 5.41) is 22.0. The first kappa shape index (κ1) is 24.6. The van der Waals surface area contributed by atoms with Gasteiger partial charge in [0.25, 0.3) is 0 Å². The molecule has 0 amide bonds. The molecule has 1 saturated heterocycles. The number of anilines is 2. The molecule has 0 bridgehead atoms. The van der Waals surface area contributed by atoms with Crippen LogP contribution in [0.2, 0.25) is 5.15 Å². The second kappa shape index (κ2) is 9.28. The van der Waals surface area contributed by atoms with E-state index in [0.29, 0.717) is 35.5 Å². The number of carbonyl (C=O) groups is 1. The second-order valence-corrected chi connectivity index (χ2v) is 11.3. The number of pyridine rings is 1. The summed E-state index contributed by atoms with van der Waals surface area (Å²) in [6.07, 6.45) is 1.66. The zero-order valence-corrected chi connectivity index (χ0v) is 20.9. The fraction of sp³-hybridized carbons (Fsp3) is 0.348. The topological polar surface area (TPSA) is 149 Å². The van der Waals surface area contributed by atoms with Crippen LogP contribution in [0.1, 0.15) is 46.7 Å². The number of nitriles is 1. The molecule has 1 fully saturated rings. The van der Waals surface area contributed by atoms with Crippen LogP contribution in [-0.2, 0) is 9.84 Å². The molecule has 182 valence electrons. The van der Waals surface area contributed by atoms with E-state index in [1.165, 1.54) is 12.3 Å². The molecule has 35 heavy (non-hydrogen) atoms. The number of hydrogen-bond acceptors (Lipinski definition) is 9. The molecular formula is C23H23ClN6O4S. The molecule has 2 aromatic heterocycles. The van der Waals surface area contributed by atoms with Gasteiger partial charge in [-0.15, -0.1) is 0 Å². The summed E-state index contributed by atoms with van der Waals surface area (Å²) in [6, 6.07) is 8.46. The standard InChI is InChI=1S/C23H23ClN6O4S/c1-12-8-15(13(2)26-16-4-5-19(24)28-21(16)23(31)32)20-17(9-12)27-18(10-25)22(29-20)30-7-6-14(11-30)35(3,33)34/h4-5,8-9,13-14,26H,6-7,11H2,1-3H3,(H,31,32)/t13-,14+/m1/s1. The number of halogens is 1. The number of aryl methyl sites for hydroxylation is 1. The van der Waals surface area contributed by atoms with Gasteiger partial charge in [-0.1, -0.05) is 17.7 Å². The van der Waals surface area contributed by atoms with Crippen LogP contribution in [0.5, 0.6) is 0 Å². The molecule has 2 atom stereocenters. The fourth-order valence-electron chi connectivity index (χ4n) is 4.25. The van der Waals surface area contributed by atoms with E-state index in [1.54, 1.807) is 11.0 Å². The highest BCUT2D eigenvalue weighted by atomic mass is 35.5. The number of aromatic carboxylic acids is 1. The Hall–Kier alpha value is -3.49. The van der Waals surface area contributed by atoms with E-state index in [9.17, 15) is 23.6 Å². The van der Waals surface area contributed by atoms with Gasteiger partial charge in [-0.2, -0.15) is 5.26 Å². The van der Waals surface area contributed by atoms with Crippen molar-refractivity contribution < 1.29 is 18.3 Å². The van der Waals surface area contributed by atoms with Crippen LogP contribution in [0, 0.1) is 18.3 Å². The van der Waals surface area contributed by atoms with Crippen LogP contribution < -0.4 is 10.2 Å². The van der Waals surface area contributed by atoms with Gasteiger partial charge in [0.1, 0.15) is 11.2 Å². The van der Waals surface area contributed by atoms with Crippen molar-refractivity contribution in [2.24, 2.45) is 0 Å². The number of fused-ring (bicyclic) bond motifs is 1. The molecule has 0 radical (unpaired) electrons. The lowest BCUT2D eigenvalue weighted by atomic mass is 10.0. The van der Waals surface area contributed by atoms with Crippen molar-refractivity contribution in [3.8, 4) is 6.07 Å². The summed E-state index contributed by atoms with van der Waals surface area (Å²) in [4.78, 5) is 26.6. The van der Waals surface area contributed by atoms with E-state index in [0.717, 1.165) is 11.1 Å². The first-order valence-corrected chi connectivity index (χ1v) is 13.1. The van der Waals surface area contributed by atoms with Gasteiger partial charge in [0.05, 0.1) is 28.0 Å². The van der Waals surface area contributed by atoms with Crippen molar-refractivity contribution in [3.05, 3.63) is 51.9 Å². The number of carboxylic acids is 1. The number of sulfone groups is 1. The number of nitrogens with zero attached hydrogens (tertiary/aromatic N) is 5. The molecule has 0 saturated carbocycles. The summed E-state index contributed by atoms with van der Waals surface area (Å²) in [7, 11) is -3.23. The molecule has 3 aromatic rings. The third-order valence-corrected chi connectivity index (χ3v) is 7.79. The van der Waals surface area contributed by atoms with Crippen molar-refractivity contribution in [1.29, 1.82) is 5.26 Å². The maximum atomic E-state index is 12.0. The van der Waals surface area contributed by atoms with Crippen LogP contribution in [0.4, 0.5) is 11.5 Å². The monoisotopic (exact) mass is 514 g/mol. The molecule has 0 unspecified atom stereocenters. The number of benzene rings is 1. The van der Waals surface area contributed by atoms with E-state index in [-0.39, 0.29) is 23.1 Å². The molecule has 2 N–H and O–H groups in total. The highest BCUT2D eigenvalue weighted by Gasteiger charge is 2.32. The van der Waals surface area contributed by atoms with Crippen LogP contribution in [-0.4, -0.2) is 59.0 Å². The third kappa shape index (κ3) is 4.99. The zero-order valence-electron chi connectivity index (χ0n) is 19.3. The molecule has 1 aliphatic rings. The smallest absolute Gasteiger partial charge is 0.356 e. The van der Waals surface area contributed by atoms with Crippen molar-refractivity contribution >= 4 is 49.9 Å². The molecule has 3 heterocycles. The summed E-state index contributed by atoms with van der Waals surface area (Å²) in [5.74, 6) is -0.880. The molecular weight excluding hydrogens is 492 g/mol. The predicted octanol–water partition coefficient (Wildman–Crippen LogP) is 3.35. The summed E-state index contributed by atoms with van der Waals surface area (Å²) in [5.41, 5.74) is 2.89. The normalized spacial score (nSPS) is 16.8. The second-order valence-electron chi connectivity index (χ2n) is 8.62. The van der Waals surface area contributed by atoms with Crippen molar-refractivity contribution in [2.45, 2.75) is 31.6 Å². The van der Waals surface area contributed by atoms with Gasteiger partial charge in [-0.25, -0.2) is 28.2 Å². The van der Waals surface area contributed by atoms with Gasteiger partial charge in [0, 0.05) is 24.9 Å². The Morgan fingerprint density at radius 2 is 2.06 bits per heavy atom. The number of aromatic nitrogens is 3. The van der Waals surface area contributed by atoms with E-state index in [1.807, 2.05) is 26.0 Å². The van der Waals surface area contributed by atoms with E-state index in [4.69, 9.17) is 16.6 Å². The minimum Gasteiger partial charge on any atom is -0.476 e.